The first-order valence-electron chi connectivity index (χ1n) is 3.61. The number of nitrogens with one attached hydrogen (secondary N) is 1. The molecule has 0 rings (SSSR count). The normalized spacial score (nSPS) is 14.3. The minimum Gasteiger partial charge on any atom is -0.368 e. The highest BCUT2D eigenvalue weighted by Gasteiger charge is 2.11. The van der Waals surface area contributed by atoms with Gasteiger partial charge in [0.15, 0.2) is 0 Å². The summed E-state index contributed by atoms with van der Waals surface area (Å²) in [6.07, 6.45) is 0.683. The van der Waals surface area contributed by atoms with Gasteiger partial charge in [-0.1, -0.05) is 6.92 Å². The maximum atomic E-state index is 10.7. The molecule has 0 spiro atoms. The number of carbonyl (C=O) groups is 1. The van der Waals surface area contributed by atoms with Crippen LogP contribution in [0.1, 0.15) is 20.3 Å². The molecule has 64 valence electrons. The second-order valence-corrected chi connectivity index (χ2v) is 2.32. The Morgan fingerprint density at radius 3 is 2.55 bits per heavy atom. The van der Waals surface area contributed by atoms with E-state index in [1.165, 1.54) is 0 Å². The molecular formula is C7H15N3O. The van der Waals surface area contributed by atoms with Crippen LogP contribution in [0, 0.1) is 0 Å². The van der Waals surface area contributed by atoms with Gasteiger partial charge in [0, 0.05) is 7.05 Å². The Bertz CT molecular complexity index is 165. The van der Waals surface area contributed by atoms with Gasteiger partial charge in [0.25, 0.3) is 0 Å². The van der Waals surface area contributed by atoms with Crippen LogP contribution in [0.3, 0.4) is 0 Å². The minimum atomic E-state index is -0.337. The summed E-state index contributed by atoms with van der Waals surface area (Å²) in [5.41, 5.74) is 5.09. The van der Waals surface area contributed by atoms with Crippen LogP contribution in [-0.2, 0) is 4.79 Å². The minimum absolute atomic E-state index is 0.293. The third kappa shape index (κ3) is 3.60. The predicted octanol–water partition coefficient (Wildman–Crippen LogP) is -0.112. The van der Waals surface area contributed by atoms with E-state index in [0.717, 1.165) is 5.84 Å². The topological polar surface area (TPSA) is 67.5 Å². The van der Waals surface area contributed by atoms with E-state index in [9.17, 15) is 4.79 Å². The summed E-state index contributed by atoms with van der Waals surface area (Å²) in [5.74, 6) is 0.395. The van der Waals surface area contributed by atoms with E-state index in [1.807, 2.05) is 6.92 Å². The first-order chi connectivity index (χ1) is 5.11. The highest BCUT2D eigenvalue weighted by atomic mass is 16.1. The molecule has 0 aliphatic heterocycles. The maximum Gasteiger partial charge on any atom is 0.239 e. The SMILES string of the molecule is CC[C@@H](NC(C)=NC)C(N)=O. The van der Waals surface area contributed by atoms with Gasteiger partial charge >= 0.3 is 0 Å². The molecule has 0 bridgehead atoms. The zero-order chi connectivity index (χ0) is 8.85. The van der Waals surface area contributed by atoms with Crippen molar-refractivity contribution in [1.82, 2.24) is 5.32 Å². The number of hydrogen-bond donors (Lipinski definition) is 2. The number of rotatable bonds is 3. The molecule has 4 heteroatoms. The Hall–Kier alpha value is -1.06. The first-order valence-corrected chi connectivity index (χ1v) is 3.61. The molecule has 0 saturated heterocycles. The van der Waals surface area contributed by atoms with Crippen molar-refractivity contribution < 1.29 is 4.79 Å². The number of carbonyl (C=O) groups excluding carboxylic acids is 1. The van der Waals surface area contributed by atoms with Crippen LogP contribution < -0.4 is 11.1 Å². The van der Waals surface area contributed by atoms with Crippen molar-refractivity contribution in [3.8, 4) is 0 Å². The van der Waals surface area contributed by atoms with Gasteiger partial charge in [-0.15, -0.1) is 0 Å². The largest absolute Gasteiger partial charge is 0.368 e. The monoisotopic (exact) mass is 157 g/mol. The summed E-state index contributed by atoms with van der Waals surface area (Å²) in [4.78, 5) is 14.5. The standard InChI is InChI=1S/C7H15N3O/c1-4-6(7(8)11)10-5(2)9-3/h6H,4H2,1-3H3,(H2,8,11)(H,9,10)/t6-/m1/s1. The van der Waals surface area contributed by atoms with Crippen LogP contribution in [0.2, 0.25) is 0 Å². The average molecular weight is 157 g/mol. The van der Waals surface area contributed by atoms with Gasteiger partial charge in [-0.25, -0.2) is 0 Å². The summed E-state index contributed by atoms with van der Waals surface area (Å²) in [6.45, 7) is 3.69. The number of aliphatic imine (C=N–C) groups is 1. The van der Waals surface area contributed by atoms with Crippen molar-refractivity contribution in [2.75, 3.05) is 7.05 Å². The number of nitrogens with zero attached hydrogens (tertiary/aromatic N) is 1. The molecule has 0 aromatic rings. The van der Waals surface area contributed by atoms with Crippen LogP contribution in [0.15, 0.2) is 4.99 Å². The van der Waals surface area contributed by atoms with E-state index in [1.54, 1.807) is 14.0 Å². The highest BCUT2D eigenvalue weighted by molar-refractivity contribution is 5.87. The van der Waals surface area contributed by atoms with Crippen LogP contribution >= 0.6 is 0 Å². The van der Waals surface area contributed by atoms with E-state index in [0.29, 0.717) is 6.42 Å². The Morgan fingerprint density at radius 2 is 2.27 bits per heavy atom. The van der Waals surface area contributed by atoms with E-state index in [4.69, 9.17) is 5.73 Å². The summed E-state index contributed by atoms with van der Waals surface area (Å²) >= 11 is 0. The Balaban J connectivity index is 3.98. The molecular weight excluding hydrogens is 142 g/mol. The lowest BCUT2D eigenvalue weighted by Gasteiger charge is -2.13. The number of nitrogens with two attached hydrogens (primary N) is 1. The predicted molar refractivity (Wildman–Crippen MR) is 45.4 cm³/mol. The lowest BCUT2D eigenvalue weighted by atomic mass is 10.2. The molecule has 0 aliphatic rings. The highest BCUT2D eigenvalue weighted by Crippen LogP contribution is 1.88. The van der Waals surface area contributed by atoms with Gasteiger partial charge in [-0.2, -0.15) is 0 Å². The quantitative estimate of drug-likeness (QED) is 0.443. The smallest absolute Gasteiger partial charge is 0.239 e. The molecule has 11 heavy (non-hydrogen) atoms. The molecule has 4 nitrogen and oxygen atoms in total. The van der Waals surface area contributed by atoms with Gasteiger partial charge in [0.1, 0.15) is 6.04 Å². The average Bonchev–Trinajstić information content (AvgIpc) is 1.99. The third-order valence-electron chi connectivity index (χ3n) is 1.47. The fraction of sp³-hybridized carbons (Fsp3) is 0.714. The fourth-order valence-electron chi connectivity index (χ4n) is 0.691. The Kier molecular flexibility index (Phi) is 4.26. The van der Waals surface area contributed by atoms with Crippen molar-refractivity contribution in [1.29, 1.82) is 0 Å². The van der Waals surface area contributed by atoms with Crippen molar-refractivity contribution in [2.45, 2.75) is 26.3 Å². The summed E-state index contributed by atoms with van der Waals surface area (Å²) in [6, 6.07) is -0.293. The fourth-order valence-corrected chi connectivity index (χ4v) is 0.691. The van der Waals surface area contributed by atoms with E-state index >= 15 is 0 Å². The van der Waals surface area contributed by atoms with Crippen molar-refractivity contribution >= 4 is 11.7 Å². The molecule has 0 radical (unpaired) electrons. The second-order valence-electron chi connectivity index (χ2n) is 2.32. The summed E-state index contributed by atoms with van der Waals surface area (Å²) in [7, 11) is 1.66. The molecule has 0 unspecified atom stereocenters. The van der Waals surface area contributed by atoms with Gasteiger partial charge in [-0.05, 0) is 13.3 Å². The molecule has 3 N–H and O–H groups in total. The van der Waals surface area contributed by atoms with Crippen LogP contribution in [0.25, 0.3) is 0 Å². The number of hydrogen-bond acceptors (Lipinski definition) is 2. The van der Waals surface area contributed by atoms with Crippen molar-refractivity contribution in [3.05, 3.63) is 0 Å². The van der Waals surface area contributed by atoms with Crippen molar-refractivity contribution in [3.63, 3.8) is 0 Å². The number of amides is 1. The van der Waals surface area contributed by atoms with E-state index < -0.39 is 0 Å². The zero-order valence-electron chi connectivity index (χ0n) is 7.22. The van der Waals surface area contributed by atoms with Gasteiger partial charge < -0.3 is 11.1 Å². The number of amidine groups is 1. The molecule has 1 atom stereocenters. The molecule has 0 aromatic carbocycles. The molecule has 0 aromatic heterocycles. The van der Waals surface area contributed by atoms with Crippen LogP contribution in [0.5, 0.6) is 0 Å². The van der Waals surface area contributed by atoms with Crippen molar-refractivity contribution in [2.24, 2.45) is 10.7 Å². The van der Waals surface area contributed by atoms with Gasteiger partial charge in [-0.3, -0.25) is 9.79 Å². The summed E-state index contributed by atoms with van der Waals surface area (Å²) < 4.78 is 0. The molecule has 0 heterocycles. The Morgan fingerprint density at radius 1 is 1.73 bits per heavy atom. The molecule has 0 fully saturated rings. The molecule has 1 amide bonds. The van der Waals surface area contributed by atoms with E-state index in [-0.39, 0.29) is 11.9 Å². The van der Waals surface area contributed by atoms with E-state index in [2.05, 4.69) is 10.3 Å². The first kappa shape index (κ1) is 9.94. The van der Waals surface area contributed by atoms with Crippen LogP contribution in [0.4, 0.5) is 0 Å². The van der Waals surface area contributed by atoms with Gasteiger partial charge in [0.05, 0.1) is 5.84 Å². The van der Waals surface area contributed by atoms with Gasteiger partial charge in [0.2, 0.25) is 5.91 Å². The number of primary amides is 1. The zero-order valence-corrected chi connectivity index (χ0v) is 7.22. The third-order valence-corrected chi connectivity index (χ3v) is 1.47. The summed E-state index contributed by atoms with van der Waals surface area (Å²) in [5, 5.41) is 2.89. The Labute approximate surface area is 66.9 Å². The molecule has 0 aliphatic carbocycles. The van der Waals surface area contributed by atoms with Crippen LogP contribution in [-0.4, -0.2) is 24.8 Å². The molecule has 0 saturated carbocycles. The lowest BCUT2D eigenvalue weighted by molar-refractivity contribution is -0.119. The maximum absolute atomic E-state index is 10.7. The lowest BCUT2D eigenvalue weighted by Crippen LogP contribution is -2.43. The second kappa shape index (κ2) is 4.71.